The average molecular weight is 220 g/mol. The first-order valence-electron chi connectivity index (χ1n) is 5.03. The highest BCUT2D eigenvalue weighted by Crippen LogP contribution is 2.19. The molecule has 0 radical (unpaired) electrons. The van der Waals surface area contributed by atoms with E-state index in [2.05, 4.69) is 9.44 Å². The minimum absolute atomic E-state index is 0.0556. The van der Waals surface area contributed by atoms with Crippen LogP contribution >= 0.6 is 0 Å². The van der Waals surface area contributed by atoms with E-state index in [-0.39, 0.29) is 12.1 Å². The average Bonchev–Trinajstić information content (AvgIpc) is 2.88. The molecule has 0 aromatic heterocycles. The molecule has 1 saturated carbocycles. The number of nitrogens with one attached hydrogen (secondary N) is 2. The van der Waals surface area contributed by atoms with E-state index in [0.29, 0.717) is 6.61 Å². The van der Waals surface area contributed by atoms with Gasteiger partial charge in [0.15, 0.2) is 0 Å². The van der Waals surface area contributed by atoms with E-state index in [1.807, 2.05) is 0 Å². The van der Waals surface area contributed by atoms with Gasteiger partial charge >= 0.3 is 0 Å². The molecule has 6 heteroatoms. The lowest BCUT2D eigenvalue weighted by atomic mass is 10.1. The van der Waals surface area contributed by atoms with Gasteiger partial charge in [0.2, 0.25) is 0 Å². The van der Waals surface area contributed by atoms with Gasteiger partial charge in [0.25, 0.3) is 10.2 Å². The van der Waals surface area contributed by atoms with Crippen molar-refractivity contribution in [1.29, 1.82) is 0 Å². The predicted molar refractivity (Wildman–Crippen MR) is 52.1 cm³/mol. The molecule has 2 N–H and O–H groups in total. The van der Waals surface area contributed by atoms with Crippen LogP contribution in [-0.4, -0.2) is 33.7 Å². The SMILES string of the molecule is O=S(=O)(NC1CC1)N[C@@H]1CCCOC1. The van der Waals surface area contributed by atoms with E-state index in [1.165, 1.54) is 0 Å². The molecule has 2 fully saturated rings. The van der Waals surface area contributed by atoms with E-state index < -0.39 is 10.2 Å². The van der Waals surface area contributed by atoms with Crippen molar-refractivity contribution in [2.45, 2.75) is 37.8 Å². The molecule has 1 aliphatic carbocycles. The third-order valence-electron chi connectivity index (χ3n) is 2.38. The Balaban J connectivity index is 1.81. The zero-order valence-corrected chi connectivity index (χ0v) is 8.85. The Hall–Kier alpha value is -0.170. The van der Waals surface area contributed by atoms with Crippen LogP contribution in [0.25, 0.3) is 0 Å². The summed E-state index contributed by atoms with van der Waals surface area (Å²) < 4.78 is 33.3. The smallest absolute Gasteiger partial charge is 0.277 e. The van der Waals surface area contributed by atoms with Crippen molar-refractivity contribution in [1.82, 2.24) is 9.44 Å². The van der Waals surface area contributed by atoms with Crippen molar-refractivity contribution < 1.29 is 13.2 Å². The zero-order chi connectivity index (χ0) is 10.0. The third-order valence-corrected chi connectivity index (χ3v) is 3.67. The molecule has 2 rings (SSSR count). The molecule has 1 heterocycles. The Morgan fingerprint density at radius 2 is 1.79 bits per heavy atom. The molecule has 5 nitrogen and oxygen atoms in total. The molecule has 14 heavy (non-hydrogen) atoms. The first-order valence-corrected chi connectivity index (χ1v) is 6.51. The summed E-state index contributed by atoms with van der Waals surface area (Å²) in [4.78, 5) is 0. The van der Waals surface area contributed by atoms with Crippen molar-refractivity contribution in [3.63, 3.8) is 0 Å². The second-order valence-electron chi connectivity index (χ2n) is 3.93. The van der Waals surface area contributed by atoms with Gasteiger partial charge in [-0.05, 0) is 25.7 Å². The van der Waals surface area contributed by atoms with Gasteiger partial charge < -0.3 is 4.74 Å². The molecular weight excluding hydrogens is 204 g/mol. The molecule has 2 aliphatic rings. The molecular formula is C8H16N2O3S. The molecule has 0 bridgehead atoms. The van der Waals surface area contributed by atoms with Gasteiger partial charge in [-0.1, -0.05) is 0 Å². The van der Waals surface area contributed by atoms with Gasteiger partial charge in [-0.2, -0.15) is 17.9 Å². The zero-order valence-electron chi connectivity index (χ0n) is 8.03. The first kappa shape index (κ1) is 10.4. The summed E-state index contributed by atoms with van der Waals surface area (Å²) in [5, 5.41) is 0. The van der Waals surface area contributed by atoms with Crippen molar-refractivity contribution in [3.8, 4) is 0 Å². The fraction of sp³-hybridized carbons (Fsp3) is 1.00. The summed E-state index contributed by atoms with van der Waals surface area (Å²) in [6, 6.07) is 0.108. The monoisotopic (exact) mass is 220 g/mol. The van der Waals surface area contributed by atoms with Gasteiger partial charge in [0.05, 0.1) is 6.61 Å². The van der Waals surface area contributed by atoms with Crippen molar-refractivity contribution in [2.75, 3.05) is 13.2 Å². The van der Waals surface area contributed by atoms with E-state index in [9.17, 15) is 8.42 Å². The highest BCUT2D eigenvalue weighted by atomic mass is 32.2. The maximum Gasteiger partial charge on any atom is 0.277 e. The van der Waals surface area contributed by atoms with E-state index >= 15 is 0 Å². The Morgan fingerprint density at radius 1 is 1.07 bits per heavy atom. The van der Waals surface area contributed by atoms with Crippen molar-refractivity contribution in [2.24, 2.45) is 0 Å². The third kappa shape index (κ3) is 3.20. The van der Waals surface area contributed by atoms with Crippen LogP contribution < -0.4 is 9.44 Å². The van der Waals surface area contributed by atoms with Gasteiger partial charge in [0.1, 0.15) is 0 Å². The second kappa shape index (κ2) is 4.14. The Morgan fingerprint density at radius 3 is 2.36 bits per heavy atom. The molecule has 1 aliphatic heterocycles. The standard InChI is InChI=1S/C8H16N2O3S/c11-14(12,9-7-3-4-7)10-8-2-1-5-13-6-8/h7-10H,1-6H2/t8-/m1/s1. The molecule has 0 aromatic carbocycles. The number of ether oxygens (including phenoxy) is 1. The van der Waals surface area contributed by atoms with Crippen molar-refractivity contribution >= 4 is 10.2 Å². The summed E-state index contributed by atoms with van der Waals surface area (Å²) in [6.07, 6.45) is 3.71. The van der Waals surface area contributed by atoms with Gasteiger partial charge in [-0.25, -0.2) is 0 Å². The maximum absolute atomic E-state index is 11.5. The summed E-state index contributed by atoms with van der Waals surface area (Å²) >= 11 is 0. The molecule has 1 saturated heterocycles. The molecule has 82 valence electrons. The van der Waals surface area contributed by atoms with Crippen LogP contribution in [0.5, 0.6) is 0 Å². The van der Waals surface area contributed by atoms with Crippen LogP contribution in [0.4, 0.5) is 0 Å². The van der Waals surface area contributed by atoms with Gasteiger partial charge in [0, 0.05) is 18.7 Å². The molecule has 0 amide bonds. The quantitative estimate of drug-likeness (QED) is 0.686. The predicted octanol–water partition coefficient (Wildman–Crippen LogP) is -0.248. The van der Waals surface area contributed by atoms with E-state index in [0.717, 1.165) is 32.3 Å². The topological polar surface area (TPSA) is 67.4 Å². The van der Waals surface area contributed by atoms with Crippen LogP contribution in [0.2, 0.25) is 0 Å². The summed E-state index contributed by atoms with van der Waals surface area (Å²) in [5.74, 6) is 0. The van der Waals surface area contributed by atoms with Gasteiger partial charge in [-0.3, -0.25) is 0 Å². The maximum atomic E-state index is 11.5. The lowest BCUT2D eigenvalue weighted by molar-refractivity contribution is 0.0773. The van der Waals surface area contributed by atoms with E-state index in [4.69, 9.17) is 4.74 Å². The normalized spacial score (nSPS) is 29.0. The van der Waals surface area contributed by atoms with Crippen LogP contribution in [0.15, 0.2) is 0 Å². The molecule has 0 aromatic rings. The minimum atomic E-state index is -3.30. The Bertz CT molecular complexity index is 281. The fourth-order valence-corrected chi connectivity index (χ4v) is 2.88. The fourth-order valence-electron chi connectivity index (χ4n) is 1.51. The largest absolute Gasteiger partial charge is 0.380 e. The lowest BCUT2D eigenvalue weighted by Crippen LogP contribution is -2.46. The Kier molecular flexibility index (Phi) is 3.06. The highest BCUT2D eigenvalue weighted by molar-refractivity contribution is 7.87. The number of hydrogen-bond acceptors (Lipinski definition) is 3. The van der Waals surface area contributed by atoms with Crippen LogP contribution in [0, 0.1) is 0 Å². The van der Waals surface area contributed by atoms with Crippen LogP contribution in [-0.2, 0) is 14.9 Å². The van der Waals surface area contributed by atoms with E-state index in [1.54, 1.807) is 0 Å². The lowest BCUT2D eigenvalue weighted by Gasteiger charge is -2.22. The van der Waals surface area contributed by atoms with Gasteiger partial charge in [-0.15, -0.1) is 0 Å². The molecule has 0 spiro atoms. The molecule has 1 atom stereocenters. The van der Waals surface area contributed by atoms with Crippen LogP contribution in [0.3, 0.4) is 0 Å². The summed E-state index contributed by atoms with van der Waals surface area (Å²) in [7, 11) is -3.30. The molecule has 0 unspecified atom stereocenters. The highest BCUT2D eigenvalue weighted by Gasteiger charge is 2.28. The Labute approximate surface area is 84.4 Å². The number of rotatable bonds is 4. The minimum Gasteiger partial charge on any atom is -0.380 e. The van der Waals surface area contributed by atoms with Crippen LogP contribution in [0.1, 0.15) is 25.7 Å². The summed E-state index contributed by atoms with van der Waals surface area (Å²) in [5.41, 5.74) is 0. The first-order chi connectivity index (χ1) is 6.66. The number of hydrogen-bond donors (Lipinski definition) is 2. The van der Waals surface area contributed by atoms with Crippen molar-refractivity contribution in [3.05, 3.63) is 0 Å². The summed E-state index contributed by atoms with van der Waals surface area (Å²) in [6.45, 7) is 1.24. The second-order valence-corrected chi connectivity index (χ2v) is 5.41.